The average Bonchev–Trinajstić information content (AvgIpc) is 3.03. The van der Waals surface area contributed by atoms with Crippen LogP contribution in [0.15, 0.2) is 60.9 Å². The lowest BCUT2D eigenvalue weighted by atomic mass is 10.1. The molecule has 6 heteroatoms. The largest absolute Gasteiger partial charge is 0.331 e. The zero-order valence-electron chi connectivity index (χ0n) is 13.6. The molecular weight excluding hydrogens is 338 g/mol. The summed E-state index contributed by atoms with van der Waals surface area (Å²) in [4.78, 5) is 28.5. The lowest BCUT2D eigenvalue weighted by Gasteiger charge is -2.07. The fourth-order valence-electron chi connectivity index (χ4n) is 2.44. The molecule has 0 aliphatic rings. The van der Waals surface area contributed by atoms with E-state index < -0.39 is 0 Å². The summed E-state index contributed by atoms with van der Waals surface area (Å²) < 4.78 is 1.67. The Labute approximate surface area is 150 Å². The van der Waals surface area contributed by atoms with E-state index in [2.05, 4.69) is 10.3 Å². The van der Waals surface area contributed by atoms with Gasteiger partial charge in [0.2, 0.25) is 11.7 Å². The Morgan fingerprint density at radius 3 is 2.48 bits per heavy atom. The van der Waals surface area contributed by atoms with Crippen LogP contribution in [0.1, 0.15) is 21.7 Å². The molecule has 0 spiro atoms. The van der Waals surface area contributed by atoms with Gasteiger partial charge < -0.3 is 9.88 Å². The number of carbonyl (C=O) groups excluding carboxylic acids is 2. The molecule has 3 aromatic rings. The van der Waals surface area contributed by atoms with Crippen molar-refractivity contribution in [3.63, 3.8) is 0 Å². The molecule has 126 valence electrons. The highest BCUT2D eigenvalue weighted by Gasteiger charge is 2.14. The maximum Gasteiger partial charge on any atom is 0.228 e. The van der Waals surface area contributed by atoms with Crippen LogP contribution in [0.2, 0.25) is 5.02 Å². The molecule has 5 nitrogen and oxygen atoms in total. The number of aryl methyl sites for hydroxylation is 1. The number of rotatable bonds is 5. The minimum atomic E-state index is -0.170. The van der Waals surface area contributed by atoms with Gasteiger partial charge in [0.1, 0.15) is 0 Å². The maximum atomic E-state index is 12.4. The van der Waals surface area contributed by atoms with E-state index in [1.54, 1.807) is 54.3 Å². The predicted octanol–water partition coefficient (Wildman–Crippen LogP) is 3.49. The molecule has 0 fully saturated rings. The smallest absolute Gasteiger partial charge is 0.228 e. The van der Waals surface area contributed by atoms with Gasteiger partial charge in [0.05, 0.1) is 6.42 Å². The minimum Gasteiger partial charge on any atom is -0.331 e. The van der Waals surface area contributed by atoms with Gasteiger partial charge in [0.25, 0.3) is 0 Å². The van der Waals surface area contributed by atoms with Crippen molar-refractivity contribution in [2.24, 2.45) is 7.05 Å². The van der Waals surface area contributed by atoms with E-state index in [0.717, 1.165) is 5.56 Å². The van der Waals surface area contributed by atoms with Crippen LogP contribution in [0.5, 0.6) is 0 Å². The number of ketones is 1. The molecule has 3 rings (SSSR count). The van der Waals surface area contributed by atoms with E-state index >= 15 is 0 Å². The molecule has 2 aromatic carbocycles. The topological polar surface area (TPSA) is 64.0 Å². The summed E-state index contributed by atoms with van der Waals surface area (Å²) in [5, 5.41) is 3.36. The molecule has 25 heavy (non-hydrogen) atoms. The van der Waals surface area contributed by atoms with Crippen LogP contribution in [0.25, 0.3) is 0 Å². The Morgan fingerprint density at radius 1 is 1.12 bits per heavy atom. The molecule has 0 saturated carbocycles. The molecule has 0 atom stereocenters. The first kappa shape index (κ1) is 16.9. The summed E-state index contributed by atoms with van der Waals surface area (Å²) in [6.07, 6.45) is 3.49. The molecule has 0 unspecified atom stereocenters. The van der Waals surface area contributed by atoms with Crippen molar-refractivity contribution < 1.29 is 9.59 Å². The molecule has 0 saturated heterocycles. The zero-order chi connectivity index (χ0) is 17.8. The molecule has 1 aromatic heterocycles. The van der Waals surface area contributed by atoms with Crippen LogP contribution in [0.4, 0.5) is 5.69 Å². The third-order valence-electron chi connectivity index (χ3n) is 3.76. The fourth-order valence-corrected chi connectivity index (χ4v) is 2.64. The van der Waals surface area contributed by atoms with Gasteiger partial charge in [0.15, 0.2) is 5.82 Å². The SMILES string of the molecule is Cn1ccnc1C(=O)c1ccc(NC(=O)Cc2ccccc2Cl)cc1. The monoisotopic (exact) mass is 353 g/mol. The van der Waals surface area contributed by atoms with Crippen molar-refractivity contribution in [2.75, 3.05) is 5.32 Å². The summed E-state index contributed by atoms with van der Waals surface area (Å²) in [5.74, 6) is 0.0354. The van der Waals surface area contributed by atoms with Gasteiger partial charge in [-0.2, -0.15) is 0 Å². The first-order valence-electron chi connectivity index (χ1n) is 7.70. The van der Waals surface area contributed by atoms with Crippen LogP contribution >= 0.6 is 11.6 Å². The van der Waals surface area contributed by atoms with E-state index in [1.807, 2.05) is 18.2 Å². The van der Waals surface area contributed by atoms with Crippen LogP contribution in [0.3, 0.4) is 0 Å². The Kier molecular flexibility index (Phi) is 4.95. The zero-order valence-corrected chi connectivity index (χ0v) is 14.3. The lowest BCUT2D eigenvalue weighted by molar-refractivity contribution is -0.115. The van der Waals surface area contributed by atoms with E-state index in [0.29, 0.717) is 22.1 Å². The number of hydrogen-bond acceptors (Lipinski definition) is 3. The standard InChI is InChI=1S/C19H16ClN3O2/c1-23-11-10-21-19(23)18(25)13-6-8-15(9-7-13)22-17(24)12-14-4-2-3-5-16(14)20/h2-11H,12H2,1H3,(H,22,24). The second-order valence-electron chi connectivity index (χ2n) is 5.58. The lowest BCUT2D eigenvalue weighted by Crippen LogP contribution is -2.15. The van der Waals surface area contributed by atoms with E-state index in [4.69, 9.17) is 11.6 Å². The number of anilines is 1. The van der Waals surface area contributed by atoms with E-state index in [1.165, 1.54) is 0 Å². The number of halogens is 1. The van der Waals surface area contributed by atoms with Crippen molar-refractivity contribution in [2.45, 2.75) is 6.42 Å². The molecule has 0 bridgehead atoms. The van der Waals surface area contributed by atoms with Crippen LogP contribution in [0, 0.1) is 0 Å². The van der Waals surface area contributed by atoms with Crippen molar-refractivity contribution >= 4 is 29.0 Å². The van der Waals surface area contributed by atoms with Gasteiger partial charge in [-0.25, -0.2) is 4.98 Å². The number of nitrogens with one attached hydrogen (secondary N) is 1. The first-order valence-corrected chi connectivity index (χ1v) is 8.08. The number of amides is 1. The van der Waals surface area contributed by atoms with E-state index in [-0.39, 0.29) is 18.1 Å². The fraction of sp³-hybridized carbons (Fsp3) is 0.105. The summed E-state index contributed by atoms with van der Waals surface area (Å²) in [6, 6.07) is 14.0. The second-order valence-corrected chi connectivity index (χ2v) is 5.99. The first-order chi connectivity index (χ1) is 12.0. The highest BCUT2D eigenvalue weighted by molar-refractivity contribution is 6.31. The van der Waals surface area contributed by atoms with Crippen molar-refractivity contribution in [1.29, 1.82) is 0 Å². The van der Waals surface area contributed by atoms with Crippen LogP contribution in [-0.4, -0.2) is 21.2 Å². The highest BCUT2D eigenvalue weighted by atomic mass is 35.5. The van der Waals surface area contributed by atoms with Crippen molar-refractivity contribution in [3.05, 3.63) is 82.9 Å². The van der Waals surface area contributed by atoms with Crippen molar-refractivity contribution in [1.82, 2.24) is 9.55 Å². The summed E-state index contributed by atoms with van der Waals surface area (Å²) >= 11 is 6.06. The molecule has 1 heterocycles. The quantitative estimate of drug-likeness (QED) is 0.714. The summed E-state index contributed by atoms with van der Waals surface area (Å²) in [7, 11) is 1.77. The third-order valence-corrected chi connectivity index (χ3v) is 4.13. The Morgan fingerprint density at radius 2 is 1.84 bits per heavy atom. The normalized spacial score (nSPS) is 10.5. The molecule has 0 aliphatic carbocycles. The number of aromatic nitrogens is 2. The van der Waals surface area contributed by atoms with Gasteiger partial charge in [-0.1, -0.05) is 29.8 Å². The minimum absolute atomic E-state index is 0.165. The Bertz CT molecular complexity index is 916. The second kappa shape index (κ2) is 7.32. The van der Waals surface area contributed by atoms with Gasteiger partial charge in [-0.05, 0) is 35.9 Å². The molecule has 0 radical (unpaired) electrons. The van der Waals surface area contributed by atoms with Gasteiger partial charge in [-0.3, -0.25) is 9.59 Å². The number of nitrogens with zero attached hydrogens (tertiary/aromatic N) is 2. The summed E-state index contributed by atoms with van der Waals surface area (Å²) in [6.45, 7) is 0. The number of carbonyl (C=O) groups is 2. The van der Waals surface area contributed by atoms with E-state index in [9.17, 15) is 9.59 Å². The molecule has 1 N–H and O–H groups in total. The van der Waals surface area contributed by atoms with Gasteiger partial charge in [0, 0.05) is 35.7 Å². The van der Waals surface area contributed by atoms with Crippen LogP contribution in [-0.2, 0) is 18.3 Å². The molecular formula is C19H16ClN3O2. The third kappa shape index (κ3) is 3.95. The highest BCUT2D eigenvalue weighted by Crippen LogP contribution is 2.17. The number of imidazole rings is 1. The van der Waals surface area contributed by atoms with Gasteiger partial charge >= 0.3 is 0 Å². The number of hydrogen-bond donors (Lipinski definition) is 1. The predicted molar refractivity (Wildman–Crippen MR) is 96.9 cm³/mol. The van der Waals surface area contributed by atoms with Crippen molar-refractivity contribution in [3.8, 4) is 0 Å². The Hall–Kier alpha value is -2.92. The van der Waals surface area contributed by atoms with Crippen LogP contribution < -0.4 is 5.32 Å². The number of benzene rings is 2. The van der Waals surface area contributed by atoms with Gasteiger partial charge in [-0.15, -0.1) is 0 Å². The maximum absolute atomic E-state index is 12.4. The average molecular weight is 354 g/mol. The summed E-state index contributed by atoms with van der Waals surface area (Å²) in [5.41, 5.74) is 1.90. The Balaban J connectivity index is 1.66. The molecule has 0 aliphatic heterocycles. The molecule has 1 amide bonds.